The number of aliphatic carboxylic acids is 1. The number of hydrogen-bond donors (Lipinski definition) is 2. The molecule has 2 unspecified atom stereocenters. The molecule has 0 bridgehead atoms. The number of nitrogens with one attached hydrogen (secondary N) is 1. The maximum atomic E-state index is 12.1. The minimum absolute atomic E-state index is 0.149. The number of amides is 2. The Hall–Kier alpha value is -2.05. The van der Waals surface area contributed by atoms with Gasteiger partial charge in [0.15, 0.2) is 0 Å². The summed E-state index contributed by atoms with van der Waals surface area (Å²) in [6.07, 6.45) is 2.96. The smallest absolute Gasteiger partial charge is 0.326 e. The number of nitrogens with zero attached hydrogens (tertiary/aromatic N) is 1. The number of carbonyl (C=O) groups excluding carboxylic acids is 2. The normalized spacial score (nSPS) is 19.5. The molecule has 0 aromatic carbocycles. The molecule has 0 saturated carbocycles. The van der Waals surface area contributed by atoms with Gasteiger partial charge in [0.05, 0.1) is 12.5 Å². The Morgan fingerprint density at radius 2 is 2.24 bits per heavy atom. The highest BCUT2D eigenvalue weighted by Crippen LogP contribution is 2.18. The third-order valence-electron chi connectivity index (χ3n) is 3.33. The number of piperidine rings is 1. The molecule has 0 aliphatic carbocycles. The number of carboxylic acid groups (broad SMARTS) is 1. The van der Waals surface area contributed by atoms with Crippen molar-refractivity contribution in [1.82, 2.24) is 10.2 Å². The van der Waals surface area contributed by atoms with Crippen molar-refractivity contribution in [2.75, 3.05) is 19.7 Å². The van der Waals surface area contributed by atoms with Crippen LogP contribution in [0, 0.1) is 5.92 Å². The number of carbonyl (C=O) groups is 3. The van der Waals surface area contributed by atoms with Crippen molar-refractivity contribution in [3.05, 3.63) is 12.7 Å². The number of urea groups is 1. The van der Waals surface area contributed by atoms with Crippen molar-refractivity contribution < 1.29 is 24.2 Å². The molecule has 0 aromatic rings. The Bertz CT molecular complexity index is 410. The maximum Gasteiger partial charge on any atom is 0.326 e. The topological polar surface area (TPSA) is 95.9 Å². The van der Waals surface area contributed by atoms with E-state index in [2.05, 4.69) is 11.9 Å². The van der Waals surface area contributed by atoms with Crippen LogP contribution >= 0.6 is 0 Å². The van der Waals surface area contributed by atoms with Gasteiger partial charge in [-0.1, -0.05) is 6.08 Å². The fourth-order valence-electron chi connectivity index (χ4n) is 2.24. The van der Waals surface area contributed by atoms with Crippen LogP contribution in [0.4, 0.5) is 4.79 Å². The van der Waals surface area contributed by atoms with Crippen LogP contribution in [0.5, 0.6) is 0 Å². The quantitative estimate of drug-likeness (QED) is 0.563. The summed E-state index contributed by atoms with van der Waals surface area (Å²) in [5.41, 5.74) is 0. The standard InChI is InChI=1S/C14H22N2O5/c1-3-6-11(12(17)18)15-14(20)16-8-5-7-10(9-16)13(19)21-4-2/h3,10-11H,1,4-9H2,2H3,(H,15,20)(H,17,18). The van der Waals surface area contributed by atoms with Gasteiger partial charge in [-0.15, -0.1) is 6.58 Å². The molecule has 2 amide bonds. The molecular formula is C14H22N2O5. The zero-order valence-electron chi connectivity index (χ0n) is 12.2. The van der Waals surface area contributed by atoms with E-state index in [9.17, 15) is 14.4 Å². The van der Waals surface area contributed by atoms with E-state index in [0.717, 1.165) is 0 Å². The van der Waals surface area contributed by atoms with E-state index in [0.29, 0.717) is 26.0 Å². The third kappa shape index (κ3) is 5.09. The van der Waals surface area contributed by atoms with Gasteiger partial charge in [0.2, 0.25) is 0 Å². The van der Waals surface area contributed by atoms with Gasteiger partial charge in [-0.25, -0.2) is 9.59 Å². The third-order valence-corrected chi connectivity index (χ3v) is 3.33. The molecular weight excluding hydrogens is 276 g/mol. The first-order chi connectivity index (χ1) is 9.99. The second-order valence-corrected chi connectivity index (χ2v) is 4.90. The number of ether oxygens (including phenoxy) is 1. The Kier molecular flexibility index (Phi) is 6.71. The van der Waals surface area contributed by atoms with E-state index in [1.165, 1.54) is 11.0 Å². The molecule has 1 aliphatic heterocycles. The first-order valence-electron chi connectivity index (χ1n) is 7.05. The SMILES string of the molecule is C=CCC(NC(=O)N1CCCC(C(=O)OCC)C1)C(=O)O. The second kappa shape index (κ2) is 8.28. The molecule has 2 N–H and O–H groups in total. The lowest BCUT2D eigenvalue weighted by Gasteiger charge is -2.32. The zero-order valence-corrected chi connectivity index (χ0v) is 12.2. The molecule has 0 aromatic heterocycles. The van der Waals surface area contributed by atoms with Gasteiger partial charge in [-0.2, -0.15) is 0 Å². The fraction of sp³-hybridized carbons (Fsp3) is 0.643. The molecule has 1 saturated heterocycles. The van der Waals surface area contributed by atoms with Gasteiger partial charge in [0.25, 0.3) is 0 Å². The number of esters is 1. The molecule has 21 heavy (non-hydrogen) atoms. The van der Waals surface area contributed by atoms with Crippen molar-refractivity contribution >= 4 is 18.0 Å². The van der Waals surface area contributed by atoms with Crippen LogP contribution in [0.15, 0.2) is 12.7 Å². The highest BCUT2D eigenvalue weighted by molar-refractivity contribution is 5.83. The van der Waals surface area contributed by atoms with Gasteiger partial charge >= 0.3 is 18.0 Å². The van der Waals surface area contributed by atoms with Gasteiger partial charge < -0.3 is 20.1 Å². The molecule has 7 nitrogen and oxygen atoms in total. The lowest BCUT2D eigenvalue weighted by Crippen LogP contribution is -2.51. The average molecular weight is 298 g/mol. The summed E-state index contributed by atoms with van der Waals surface area (Å²) in [6.45, 7) is 6.27. The molecule has 1 rings (SSSR count). The monoisotopic (exact) mass is 298 g/mol. The van der Waals surface area contributed by atoms with Crippen LogP contribution in [0.1, 0.15) is 26.2 Å². The molecule has 1 heterocycles. The summed E-state index contributed by atoms with van der Waals surface area (Å²) >= 11 is 0. The van der Waals surface area contributed by atoms with Gasteiger partial charge in [0.1, 0.15) is 6.04 Å². The molecule has 1 aliphatic rings. The Labute approximate surface area is 123 Å². The highest BCUT2D eigenvalue weighted by atomic mass is 16.5. The average Bonchev–Trinajstić information content (AvgIpc) is 2.47. The second-order valence-electron chi connectivity index (χ2n) is 4.90. The summed E-state index contributed by atoms with van der Waals surface area (Å²) in [5, 5.41) is 11.4. The summed E-state index contributed by atoms with van der Waals surface area (Å²) in [6, 6.07) is -1.48. The molecule has 2 atom stereocenters. The van der Waals surface area contributed by atoms with Crippen LogP contribution in [0.2, 0.25) is 0 Å². The summed E-state index contributed by atoms with van der Waals surface area (Å²) in [5.74, 6) is -1.76. The first-order valence-corrected chi connectivity index (χ1v) is 7.05. The largest absolute Gasteiger partial charge is 0.480 e. The lowest BCUT2D eigenvalue weighted by atomic mass is 9.98. The zero-order chi connectivity index (χ0) is 15.8. The number of hydrogen-bond acceptors (Lipinski definition) is 4. The summed E-state index contributed by atoms with van der Waals surface area (Å²) in [4.78, 5) is 36.3. The van der Waals surface area contributed by atoms with Crippen LogP contribution < -0.4 is 5.32 Å². The van der Waals surface area contributed by atoms with E-state index in [-0.39, 0.29) is 24.9 Å². The predicted molar refractivity (Wildman–Crippen MR) is 75.7 cm³/mol. The molecule has 118 valence electrons. The number of rotatable bonds is 6. The molecule has 0 spiro atoms. The summed E-state index contributed by atoms with van der Waals surface area (Å²) < 4.78 is 4.96. The fourth-order valence-corrected chi connectivity index (χ4v) is 2.24. The van der Waals surface area contributed by atoms with Gasteiger partial charge in [-0.05, 0) is 26.2 Å². The van der Waals surface area contributed by atoms with Crippen molar-refractivity contribution in [2.45, 2.75) is 32.2 Å². The van der Waals surface area contributed by atoms with E-state index in [1.54, 1.807) is 6.92 Å². The van der Waals surface area contributed by atoms with Crippen molar-refractivity contribution in [1.29, 1.82) is 0 Å². The van der Waals surface area contributed by atoms with Crippen molar-refractivity contribution in [3.8, 4) is 0 Å². The van der Waals surface area contributed by atoms with E-state index >= 15 is 0 Å². The van der Waals surface area contributed by atoms with E-state index in [4.69, 9.17) is 9.84 Å². The Morgan fingerprint density at radius 3 is 2.81 bits per heavy atom. The highest BCUT2D eigenvalue weighted by Gasteiger charge is 2.30. The maximum absolute atomic E-state index is 12.1. The van der Waals surface area contributed by atoms with E-state index in [1.807, 2.05) is 0 Å². The first kappa shape index (κ1) is 17.0. The summed E-state index contributed by atoms with van der Waals surface area (Å²) in [7, 11) is 0. The van der Waals surface area contributed by atoms with Crippen LogP contribution in [0.3, 0.4) is 0 Å². The predicted octanol–water partition coefficient (Wildman–Crippen LogP) is 1.00. The minimum atomic E-state index is -1.11. The Morgan fingerprint density at radius 1 is 1.52 bits per heavy atom. The minimum Gasteiger partial charge on any atom is -0.480 e. The Balaban J connectivity index is 2.58. The van der Waals surface area contributed by atoms with Crippen molar-refractivity contribution in [2.24, 2.45) is 5.92 Å². The number of carboxylic acids is 1. The van der Waals surface area contributed by atoms with Crippen molar-refractivity contribution in [3.63, 3.8) is 0 Å². The molecule has 0 radical (unpaired) electrons. The number of likely N-dealkylation sites (tertiary alicyclic amines) is 1. The van der Waals surface area contributed by atoms with Crippen LogP contribution in [-0.2, 0) is 14.3 Å². The molecule has 7 heteroatoms. The van der Waals surface area contributed by atoms with Gasteiger partial charge in [0, 0.05) is 13.1 Å². The van der Waals surface area contributed by atoms with Gasteiger partial charge in [-0.3, -0.25) is 4.79 Å². The molecule has 1 fully saturated rings. The van der Waals surface area contributed by atoms with E-state index < -0.39 is 18.0 Å². The van der Waals surface area contributed by atoms with Crippen LogP contribution in [0.25, 0.3) is 0 Å². The van der Waals surface area contributed by atoms with Crippen LogP contribution in [-0.4, -0.2) is 53.7 Å². The lowest BCUT2D eigenvalue weighted by molar-refractivity contribution is -0.149.